The molecule has 0 aliphatic carbocycles. The molecule has 1 N–H and O–H groups in total. The summed E-state index contributed by atoms with van der Waals surface area (Å²) in [5.74, 6) is -0.0215. The number of amides is 3. The van der Waals surface area contributed by atoms with Crippen LogP contribution in [0.25, 0.3) is 0 Å². The maximum atomic E-state index is 12.5. The van der Waals surface area contributed by atoms with E-state index in [2.05, 4.69) is 5.32 Å². The lowest BCUT2D eigenvalue weighted by Crippen LogP contribution is -2.49. The molecule has 23 heavy (non-hydrogen) atoms. The summed E-state index contributed by atoms with van der Waals surface area (Å²) in [5, 5.41) is 3.01. The van der Waals surface area contributed by atoms with Gasteiger partial charge in [0.1, 0.15) is 0 Å². The predicted molar refractivity (Wildman–Crippen MR) is 88.8 cm³/mol. The van der Waals surface area contributed by atoms with Crippen LogP contribution < -0.4 is 5.32 Å². The fraction of sp³-hybridized carbons (Fsp3) is 0.556. The van der Waals surface area contributed by atoms with Gasteiger partial charge in [-0.1, -0.05) is 30.3 Å². The first-order valence-electron chi connectivity index (χ1n) is 8.59. The summed E-state index contributed by atoms with van der Waals surface area (Å²) < 4.78 is 0. The largest absolute Gasteiger partial charge is 0.352 e. The number of hydrogen-bond donors (Lipinski definition) is 1. The van der Waals surface area contributed by atoms with Gasteiger partial charge in [-0.25, -0.2) is 4.79 Å². The van der Waals surface area contributed by atoms with Gasteiger partial charge in [-0.2, -0.15) is 0 Å². The van der Waals surface area contributed by atoms with Crippen LogP contribution in [0.15, 0.2) is 30.3 Å². The third kappa shape index (κ3) is 4.03. The quantitative estimate of drug-likeness (QED) is 0.930. The number of benzene rings is 1. The molecule has 2 fully saturated rings. The smallest absolute Gasteiger partial charge is 0.320 e. The van der Waals surface area contributed by atoms with Gasteiger partial charge in [-0.15, -0.1) is 0 Å². The molecule has 1 aromatic carbocycles. The van der Waals surface area contributed by atoms with Gasteiger partial charge in [-0.05, 0) is 31.2 Å². The molecular weight excluding hydrogens is 290 g/mol. The third-order valence-corrected chi connectivity index (χ3v) is 4.75. The summed E-state index contributed by atoms with van der Waals surface area (Å²) in [6, 6.07) is 10.0. The molecule has 2 aliphatic heterocycles. The summed E-state index contributed by atoms with van der Waals surface area (Å²) in [7, 11) is 0. The van der Waals surface area contributed by atoms with Gasteiger partial charge in [0.25, 0.3) is 0 Å². The zero-order chi connectivity index (χ0) is 16.1. The average molecular weight is 315 g/mol. The van der Waals surface area contributed by atoms with Crippen LogP contribution in [0.5, 0.6) is 0 Å². The molecule has 5 heteroatoms. The maximum absolute atomic E-state index is 12.5. The van der Waals surface area contributed by atoms with E-state index in [0.29, 0.717) is 13.1 Å². The number of rotatable bonds is 3. The van der Waals surface area contributed by atoms with Gasteiger partial charge < -0.3 is 15.1 Å². The molecule has 124 valence electrons. The van der Waals surface area contributed by atoms with Gasteiger partial charge in [-0.3, -0.25) is 4.79 Å². The molecule has 0 saturated carbocycles. The number of urea groups is 1. The Morgan fingerprint density at radius 3 is 2.43 bits per heavy atom. The molecule has 0 bridgehead atoms. The average Bonchev–Trinajstić information content (AvgIpc) is 3.14. The van der Waals surface area contributed by atoms with E-state index in [4.69, 9.17) is 0 Å². The Bertz CT molecular complexity index is 540. The van der Waals surface area contributed by atoms with E-state index in [0.717, 1.165) is 50.9 Å². The van der Waals surface area contributed by atoms with Crippen molar-refractivity contribution in [1.82, 2.24) is 15.1 Å². The summed E-state index contributed by atoms with van der Waals surface area (Å²) in [6.45, 7) is 3.60. The van der Waals surface area contributed by atoms with E-state index in [9.17, 15) is 9.59 Å². The number of likely N-dealkylation sites (tertiary alicyclic amines) is 2. The Labute approximate surface area is 137 Å². The summed E-state index contributed by atoms with van der Waals surface area (Å²) in [5.41, 5.74) is 1.10. The van der Waals surface area contributed by atoms with Crippen LogP contribution in [0.3, 0.4) is 0 Å². The molecule has 3 amide bonds. The lowest BCUT2D eigenvalue weighted by atomic mass is 9.97. The van der Waals surface area contributed by atoms with E-state index in [1.54, 1.807) is 0 Å². The monoisotopic (exact) mass is 315 g/mol. The summed E-state index contributed by atoms with van der Waals surface area (Å²) >= 11 is 0. The zero-order valence-corrected chi connectivity index (χ0v) is 13.5. The van der Waals surface area contributed by atoms with Crippen molar-refractivity contribution in [2.75, 3.05) is 26.2 Å². The molecule has 1 atom stereocenters. The Balaban J connectivity index is 1.51. The van der Waals surface area contributed by atoms with Gasteiger partial charge in [0, 0.05) is 32.7 Å². The Kier molecular flexibility index (Phi) is 5.16. The number of hydrogen-bond acceptors (Lipinski definition) is 2. The first-order chi connectivity index (χ1) is 11.2. The molecule has 3 rings (SSSR count). The van der Waals surface area contributed by atoms with Crippen molar-refractivity contribution in [2.45, 2.75) is 32.2 Å². The fourth-order valence-corrected chi connectivity index (χ4v) is 3.40. The van der Waals surface area contributed by atoms with Crippen molar-refractivity contribution in [2.24, 2.45) is 5.92 Å². The molecule has 0 radical (unpaired) electrons. The number of nitrogens with zero attached hydrogens (tertiary/aromatic N) is 2. The SMILES string of the molecule is O=C(NCc1ccccc1)[C@H]1CCCN(C(=O)N2CCCC2)C1. The van der Waals surface area contributed by atoms with Crippen molar-refractivity contribution in [3.63, 3.8) is 0 Å². The van der Waals surface area contributed by atoms with E-state index < -0.39 is 0 Å². The normalized spacial score (nSPS) is 21.3. The van der Waals surface area contributed by atoms with Gasteiger partial charge >= 0.3 is 6.03 Å². The van der Waals surface area contributed by atoms with E-state index in [1.165, 1.54) is 0 Å². The first-order valence-corrected chi connectivity index (χ1v) is 8.59. The van der Waals surface area contributed by atoms with E-state index in [1.807, 2.05) is 40.1 Å². The third-order valence-electron chi connectivity index (χ3n) is 4.75. The minimum absolute atomic E-state index is 0.0628. The van der Waals surface area contributed by atoms with Crippen molar-refractivity contribution < 1.29 is 9.59 Å². The van der Waals surface area contributed by atoms with Gasteiger partial charge in [0.15, 0.2) is 0 Å². The number of piperidine rings is 1. The molecular formula is C18H25N3O2. The Morgan fingerprint density at radius 2 is 1.70 bits per heavy atom. The van der Waals surface area contributed by atoms with Crippen LogP contribution >= 0.6 is 0 Å². The summed E-state index contributed by atoms with van der Waals surface area (Å²) in [6.07, 6.45) is 3.97. The Morgan fingerprint density at radius 1 is 1.00 bits per heavy atom. The molecule has 5 nitrogen and oxygen atoms in total. The first kappa shape index (κ1) is 15.8. The van der Waals surface area contributed by atoms with Crippen molar-refractivity contribution in [3.8, 4) is 0 Å². The van der Waals surface area contributed by atoms with E-state index in [-0.39, 0.29) is 17.9 Å². The minimum atomic E-state index is -0.0842. The molecule has 0 unspecified atom stereocenters. The molecule has 2 aliphatic rings. The van der Waals surface area contributed by atoms with Gasteiger partial charge in [0.2, 0.25) is 5.91 Å². The van der Waals surface area contributed by atoms with Crippen molar-refractivity contribution in [1.29, 1.82) is 0 Å². The van der Waals surface area contributed by atoms with Crippen LogP contribution in [-0.4, -0.2) is 47.9 Å². The molecule has 1 aromatic rings. The number of nitrogens with one attached hydrogen (secondary N) is 1. The second-order valence-corrected chi connectivity index (χ2v) is 6.47. The highest BCUT2D eigenvalue weighted by molar-refractivity contribution is 5.81. The molecule has 2 saturated heterocycles. The standard InChI is InChI=1S/C18H25N3O2/c22-17(19-13-15-7-2-1-3-8-15)16-9-6-12-21(14-16)18(23)20-10-4-5-11-20/h1-3,7-8,16H,4-6,9-14H2,(H,19,22)/t16-/m0/s1. The fourth-order valence-electron chi connectivity index (χ4n) is 3.40. The van der Waals surface area contributed by atoms with Crippen molar-refractivity contribution >= 4 is 11.9 Å². The second kappa shape index (κ2) is 7.49. The second-order valence-electron chi connectivity index (χ2n) is 6.47. The predicted octanol–water partition coefficient (Wildman–Crippen LogP) is 2.23. The number of carbonyl (C=O) groups excluding carboxylic acids is 2. The minimum Gasteiger partial charge on any atom is -0.352 e. The topological polar surface area (TPSA) is 52.7 Å². The van der Waals surface area contributed by atoms with Crippen LogP contribution in [-0.2, 0) is 11.3 Å². The summed E-state index contributed by atoms with van der Waals surface area (Å²) in [4.78, 5) is 28.6. The maximum Gasteiger partial charge on any atom is 0.320 e. The highest BCUT2D eigenvalue weighted by atomic mass is 16.2. The Hall–Kier alpha value is -2.04. The van der Waals surface area contributed by atoms with Crippen molar-refractivity contribution in [3.05, 3.63) is 35.9 Å². The van der Waals surface area contributed by atoms with E-state index >= 15 is 0 Å². The van der Waals surface area contributed by atoms with Crippen LogP contribution in [0.4, 0.5) is 4.79 Å². The van der Waals surface area contributed by atoms with Crippen LogP contribution in [0.1, 0.15) is 31.2 Å². The highest BCUT2D eigenvalue weighted by Crippen LogP contribution is 2.20. The molecule has 0 aromatic heterocycles. The zero-order valence-electron chi connectivity index (χ0n) is 13.5. The highest BCUT2D eigenvalue weighted by Gasteiger charge is 2.31. The van der Waals surface area contributed by atoms with Gasteiger partial charge in [0.05, 0.1) is 5.92 Å². The lowest BCUT2D eigenvalue weighted by molar-refractivity contribution is -0.126. The number of carbonyl (C=O) groups is 2. The van der Waals surface area contributed by atoms with Crippen LogP contribution in [0, 0.1) is 5.92 Å². The molecule has 2 heterocycles. The van der Waals surface area contributed by atoms with Crippen LogP contribution in [0.2, 0.25) is 0 Å². The lowest BCUT2D eigenvalue weighted by Gasteiger charge is -2.34. The molecule has 0 spiro atoms.